The molecule has 1 N–H and O–H groups in total. The van der Waals surface area contributed by atoms with Gasteiger partial charge >= 0.3 is 0 Å². The number of fused-ring (bicyclic) bond motifs is 1. The third kappa shape index (κ3) is 3.54. The van der Waals surface area contributed by atoms with E-state index in [2.05, 4.69) is 22.3 Å². The van der Waals surface area contributed by atoms with Crippen molar-refractivity contribution in [1.82, 2.24) is 10.2 Å². The second-order valence-electron chi connectivity index (χ2n) is 6.05. The third-order valence-electron chi connectivity index (χ3n) is 4.22. The number of likely N-dealkylation sites (N-methyl/N-ethyl adjacent to an activating group) is 1. The van der Waals surface area contributed by atoms with Crippen LogP contribution in [0, 0.1) is 0 Å². The Kier molecular flexibility index (Phi) is 4.63. The lowest BCUT2D eigenvalue weighted by Crippen LogP contribution is -2.41. The first kappa shape index (κ1) is 15.6. The van der Waals surface area contributed by atoms with Crippen LogP contribution in [0.25, 0.3) is 0 Å². The molecule has 0 spiro atoms. The Balaban J connectivity index is 1.60. The van der Waals surface area contributed by atoms with Gasteiger partial charge in [-0.05, 0) is 31.3 Å². The van der Waals surface area contributed by atoms with E-state index in [1.165, 1.54) is 5.56 Å². The SMILES string of the molecule is CN(C)[C@H](CNC(=O)[C@H]1Cc2ccccc2O1)c1ccccc1. The second-order valence-corrected chi connectivity index (χ2v) is 6.05. The van der Waals surface area contributed by atoms with Crippen molar-refractivity contribution in [3.05, 3.63) is 65.7 Å². The number of hydrogen-bond donors (Lipinski definition) is 1. The molecular formula is C19H22N2O2. The highest BCUT2D eigenvalue weighted by molar-refractivity contribution is 5.82. The van der Waals surface area contributed by atoms with Crippen LogP contribution in [0.3, 0.4) is 0 Å². The monoisotopic (exact) mass is 310 g/mol. The van der Waals surface area contributed by atoms with Gasteiger partial charge in [0.2, 0.25) is 0 Å². The molecule has 0 aliphatic carbocycles. The lowest BCUT2D eigenvalue weighted by atomic mass is 10.1. The smallest absolute Gasteiger partial charge is 0.261 e. The standard InChI is InChI=1S/C19H22N2O2/c1-21(2)16(14-8-4-3-5-9-14)13-20-19(22)18-12-15-10-6-7-11-17(15)23-18/h3-11,16,18H,12-13H2,1-2H3,(H,20,22)/t16-,18-/m1/s1. The van der Waals surface area contributed by atoms with Gasteiger partial charge in [0.1, 0.15) is 5.75 Å². The van der Waals surface area contributed by atoms with E-state index in [9.17, 15) is 4.79 Å². The van der Waals surface area contributed by atoms with Gasteiger partial charge in [0, 0.05) is 13.0 Å². The molecule has 3 rings (SSSR count). The number of rotatable bonds is 5. The average Bonchev–Trinajstić information content (AvgIpc) is 2.99. The van der Waals surface area contributed by atoms with Crippen LogP contribution in [-0.4, -0.2) is 37.6 Å². The molecule has 0 aromatic heterocycles. The van der Waals surface area contributed by atoms with Crippen LogP contribution in [0.5, 0.6) is 5.75 Å². The number of nitrogens with zero attached hydrogens (tertiary/aromatic N) is 1. The van der Waals surface area contributed by atoms with Crippen LogP contribution in [0.2, 0.25) is 0 Å². The van der Waals surface area contributed by atoms with Crippen LogP contribution < -0.4 is 10.1 Å². The lowest BCUT2D eigenvalue weighted by molar-refractivity contribution is -0.127. The number of benzene rings is 2. The highest BCUT2D eigenvalue weighted by Gasteiger charge is 2.29. The number of hydrogen-bond acceptors (Lipinski definition) is 3. The molecule has 0 saturated heterocycles. The summed E-state index contributed by atoms with van der Waals surface area (Å²) in [5.41, 5.74) is 2.29. The normalized spacial score (nSPS) is 17.4. The summed E-state index contributed by atoms with van der Waals surface area (Å²) in [5, 5.41) is 3.03. The molecule has 4 nitrogen and oxygen atoms in total. The zero-order valence-corrected chi connectivity index (χ0v) is 13.5. The van der Waals surface area contributed by atoms with E-state index in [0.29, 0.717) is 13.0 Å². The first-order chi connectivity index (χ1) is 11.1. The first-order valence-corrected chi connectivity index (χ1v) is 7.89. The minimum Gasteiger partial charge on any atom is -0.480 e. The van der Waals surface area contributed by atoms with Crippen LogP contribution in [0.1, 0.15) is 17.2 Å². The van der Waals surface area contributed by atoms with Crippen molar-refractivity contribution in [2.24, 2.45) is 0 Å². The zero-order valence-electron chi connectivity index (χ0n) is 13.5. The van der Waals surface area contributed by atoms with Crippen molar-refractivity contribution >= 4 is 5.91 Å². The van der Waals surface area contributed by atoms with Gasteiger partial charge in [-0.15, -0.1) is 0 Å². The van der Waals surface area contributed by atoms with E-state index in [1.54, 1.807) is 0 Å². The molecule has 1 heterocycles. The van der Waals surface area contributed by atoms with Gasteiger partial charge in [-0.2, -0.15) is 0 Å². The molecule has 1 aliphatic heterocycles. The van der Waals surface area contributed by atoms with Gasteiger partial charge in [-0.3, -0.25) is 4.79 Å². The van der Waals surface area contributed by atoms with E-state index in [-0.39, 0.29) is 11.9 Å². The Morgan fingerprint density at radius 2 is 1.87 bits per heavy atom. The Morgan fingerprint density at radius 3 is 2.57 bits per heavy atom. The maximum Gasteiger partial charge on any atom is 0.261 e. The highest BCUT2D eigenvalue weighted by Crippen LogP contribution is 2.28. The Hall–Kier alpha value is -2.33. The fraction of sp³-hybridized carbons (Fsp3) is 0.316. The molecule has 2 atom stereocenters. The third-order valence-corrected chi connectivity index (χ3v) is 4.22. The van der Waals surface area contributed by atoms with Crippen LogP contribution in [0.4, 0.5) is 0 Å². The molecule has 2 aromatic rings. The average molecular weight is 310 g/mol. The number of carbonyl (C=O) groups is 1. The van der Waals surface area contributed by atoms with Crippen molar-refractivity contribution < 1.29 is 9.53 Å². The summed E-state index contributed by atoms with van der Waals surface area (Å²) >= 11 is 0. The molecule has 0 unspecified atom stereocenters. The molecular weight excluding hydrogens is 288 g/mol. The van der Waals surface area contributed by atoms with E-state index in [1.807, 2.05) is 56.6 Å². The summed E-state index contributed by atoms with van der Waals surface area (Å²) in [5.74, 6) is 0.767. The molecule has 0 fully saturated rings. The van der Waals surface area contributed by atoms with E-state index in [0.717, 1.165) is 11.3 Å². The summed E-state index contributed by atoms with van der Waals surface area (Å²) in [7, 11) is 4.04. The van der Waals surface area contributed by atoms with Gasteiger partial charge in [-0.1, -0.05) is 48.5 Å². The van der Waals surface area contributed by atoms with Gasteiger partial charge < -0.3 is 15.0 Å². The summed E-state index contributed by atoms with van der Waals surface area (Å²) in [6.45, 7) is 0.562. The quantitative estimate of drug-likeness (QED) is 0.922. The molecule has 1 aliphatic rings. The van der Waals surface area contributed by atoms with Crippen LogP contribution in [0.15, 0.2) is 54.6 Å². The van der Waals surface area contributed by atoms with Crippen molar-refractivity contribution in [3.8, 4) is 5.75 Å². The molecule has 2 aromatic carbocycles. The van der Waals surface area contributed by atoms with E-state index >= 15 is 0 Å². The van der Waals surface area contributed by atoms with Crippen molar-refractivity contribution in [2.75, 3.05) is 20.6 Å². The van der Waals surface area contributed by atoms with Crippen LogP contribution in [-0.2, 0) is 11.2 Å². The Bertz CT molecular complexity index is 645. The zero-order chi connectivity index (χ0) is 16.2. The largest absolute Gasteiger partial charge is 0.480 e. The Labute approximate surface area is 137 Å². The number of nitrogens with one attached hydrogen (secondary N) is 1. The minimum atomic E-state index is -0.425. The van der Waals surface area contributed by atoms with Gasteiger partial charge in [-0.25, -0.2) is 0 Å². The summed E-state index contributed by atoms with van der Waals surface area (Å²) in [6.07, 6.45) is 0.214. The summed E-state index contributed by atoms with van der Waals surface area (Å²) in [4.78, 5) is 14.5. The maximum absolute atomic E-state index is 12.4. The van der Waals surface area contributed by atoms with Crippen molar-refractivity contribution in [2.45, 2.75) is 18.6 Å². The minimum absolute atomic E-state index is 0.0519. The van der Waals surface area contributed by atoms with Crippen LogP contribution >= 0.6 is 0 Å². The van der Waals surface area contributed by atoms with Gasteiger partial charge in [0.05, 0.1) is 6.04 Å². The van der Waals surface area contributed by atoms with Crippen molar-refractivity contribution in [1.29, 1.82) is 0 Å². The number of amides is 1. The number of ether oxygens (including phenoxy) is 1. The molecule has 1 amide bonds. The maximum atomic E-state index is 12.4. The predicted octanol–water partition coefficient (Wildman–Crippen LogP) is 2.41. The van der Waals surface area contributed by atoms with E-state index < -0.39 is 6.10 Å². The fourth-order valence-electron chi connectivity index (χ4n) is 2.91. The number of carbonyl (C=O) groups excluding carboxylic acids is 1. The van der Waals surface area contributed by atoms with Gasteiger partial charge in [0.25, 0.3) is 5.91 Å². The summed E-state index contributed by atoms with van der Waals surface area (Å²) < 4.78 is 5.74. The molecule has 120 valence electrons. The first-order valence-electron chi connectivity index (χ1n) is 7.89. The van der Waals surface area contributed by atoms with E-state index in [4.69, 9.17) is 4.74 Å². The second kappa shape index (κ2) is 6.84. The predicted molar refractivity (Wildman–Crippen MR) is 90.4 cm³/mol. The highest BCUT2D eigenvalue weighted by atomic mass is 16.5. The number of para-hydroxylation sites is 1. The fourth-order valence-corrected chi connectivity index (χ4v) is 2.91. The molecule has 0 bridgehead atoms. The molecule has 0 radical (unpaired) electrons. The molecule has 4 heteroatoms. The Morgan fingerprint density at radius 1 is 1.17 bits per heavy atom. The molecule has 0 saturated carbocycles. The lowest BCUT2D eigenvalue weighted by Gasteiger charge is -2.25. The van der Waals surface area contributed by atoms with Crippen molar-refractivity contribution in [3.63, 3.8) is 0 Å². The summed E-state index contributed by atoms with van der Waals surface area (Å²) in [6, 6.07) is 18.2. The van der Waals surface area contributed by atoms with Gasteiger partial charge in [0.15, 0.2) is 6.10 Å². The molecule has 23 heavy (non-hydrogen) atoms. The topological polar surface area (TPSA) is 41.6 Å².